The molecule has 1 fully saturated rings. The second kappa shape index (κ2) is 6.79. The Bertz CT molecular complexity index is 991. The van der Waals surface area contributed by atoms with E-state index < -0.39 is 0 Å². The number of nitrogens with two attached hydrogens (primary N) is 1. The van der Waals surface area contributed by atoms with Crippen molar-refractivity contribution >= 4 is 40.3 Å². The summed E-state index contributed by atoms with van der Waals surface area (Å²) >= 11 is 0. The van der Waals surface area contributed by atoms with Gasteiger partial charge in [-0.3, -0.25) is 4.79 Å². The number of carbonyl (C=O) groups excluding carboxylic acids is 1. The molecule has 0 saturated heterocycles. The van der Waals surface area contributed by atoms with Crippen molar-refractivity contribution in [2.45, 2.75) is 32.7 Å². The van der Waals surface area contributed by atoms with Crippen molar-refractivity contribution in [2.75, 3.05) is 21.7 Å². The van der Waals surface area contributed by atoms with Crippen LogP contribution in [0.1, 0.15) is 26.7 Å². The molecule has 0 radical (unpaired) electrons. The number of anilines is 5. The lowest BCUT2D eigenvalue weighted by Crippen LogP contribution is -2.17. The van der Waals surface area contributed by atoms with Crippen LogP contribution < -0.4 is 21.7 Å². The summed E-state index contributed by atoms with van der Waals surface area (Å²) < 4.78 is 1.62. The third-order valence-electron chi connectivity index (χ3n) is 4.36. The van der Waals surface area contributed by atoms with Crippen molar-refractivity contribution < 1.29 is 4.79 Å². The number of fused-ring (bicyclic) bond motifs is 1. The van der Waals surface area contributed by atoms with Crippen LogP contribution in [0.2, 0.25) is 0 Å². The van der Waals surface area contributed by atoms with E-state index in [1.807, 2.05) is 44.2 Å². The minimum atomic E-state index is -0.0778. The molecule has 140 valence electrons. The van der Waals surface area contributed by atoms with Gasteiger partial charge in [-0.25, -0.2) is 4.98 Å². The number of nitrogen functional groups attached to an aromatic ring is 1. The lowest BCUT2D eigenvalue weighted by Gasteiger charge is -2.13. The predicted octanol–water partition coefficient (Wildman–Crippen LogP) is 3.22. The second-order valence-corrected chi connectivity index (χ2v) is 7.13. The van der Waals surface area contributed by atoms with Crippen LogP contribution in [0.5, 0.6) is 0 Å². The Kier molecular flexibility index (Phi) is 4.31. The molecule has 0 spiro atoms. The quantitative estimate of drug-likeness (QED) is 0.534. The van der Waals surface area contributed by atoms with Gasteiger partial charge in [-0.2, -0.15) is 4.52 Å². The summed E-state index contributed by atoms with van der Waals surface area (Å²) in [5, 5.41) is 14.2. The molecule has 2 aromatic heterocycles. The molecule has 2 heterocycles. The third-order valence-corrected chi connectivity index (χ3v) is 4.36. The normalized spacial score (nSPS) is 13.7. The second-order valence-electron chi connectivity index (χ2n) is 7.13. The van der Waals surface area contributed by atoms with Gasteiger partial charge in [0.2, 0.25) is 5.91 Å². The van der Waals surface area contributed by atoms with Crippen LogP contribution in [-0.4, -0.2) is 26.5 Å². The number of carbonyl (C=O) groups is 1. The molecule has 8 heteroatoms. The van der Waals surface area contributed by atoms with Gasteiger partial charge in [0, 0.05) is 29.4 Å². The molecule has 5 N–H and O–H groups in total. The van der Waals surface area contributed by atoms with Crippen molar-refractivity contribution in [1.29, 1.82) is 0 Å². The molecule has 4 rings (SSSR count). The zero-order chi connectivity index (χ0) is 19.0. The summed E-state index contributed by atoms with van der Waals surface area (Å²) in [6.45, 7) is 3.72. The molecule has 1 saturated carbocycles. The Morgan fingerprint density at radius 3 is 2.78 bits per heavy atom. The van der Waals surface area contributed by atoms with Crippen LogP contribution in [0.15, 0.2) is 36.5 Å². The number of rotatable bonds is 6. The van der Waals surface area contributed by atoms with Crippen molar-refractivity contribution in [3.05, 3.63) is 36.5 Å². The Morgan fingerprint density at radius 1 is 1.26 bits per heavy atom. The highest BCUT2D eigenvalue weighted by Gasteiger charge is 2.23. The van der Waals surface area contributed by atoms with E-state index in [2.05, 4.69) is 26.0 Å². The maximum Gasteiger partial charge on any atom is 0.226 e. The first kappa shape index (κ1) is 17.1. The lowest BCUT2D eigenvalue weighted by molar-refractivity contribution is -0.118. The largest absolute Gasteiger partial charge is 0.382 e. The first-order valence-electron chi connectivity index (χ1n) is 9.08. The number of aromatic nitrogens is 3. The van der Waals surface area contributed by atoms with E-state index >= 15 is 0 Å². The molecule has 1 aliphatic rings. The summed E-state index contributed by atoms with van der Waals surface area (Å²) in [5.74, 6) is 1.02. The van der Waals surface area contributed by atoms with Crippen molar-refractivity contribution in [3.63, 3.8) is 0 Å². The number of benzene rings is 1. The van der Waals surface area contributed by atoms with Gasteiger partial charge >= 0.3 is 0 Å². The SMILES string of the molecule is CC(C)C(=O)Nc1cccc(Nc2cc(NC3CC3)c3ncc(N)n3n2)c1. The molecule has 8 nitrogen and oxygen atoms in total. The van der Waals surface area contributed by atoms with Gasteiger partial charge in [0.05, 0.1) is 11.9 Å². The van der Waals surface area contributed by atoms with Crippen molar-refractivity contribution in [1.82, 2.24) is 14.6 Å². The molecule has 0 unspecified atom stereocenters. The van der Waals surface area contributed by atoms with E-state index in [4.69, 9.17) is 5.73 Å². The molecular weight excluding hydrogens is 342 g/mol. The molecule has 3 aromatic rings. The first-order chi connectivity index (χ1) is 13.0. The predicted molar refractivity (Wildman–Crippen MR) is 107 cm³/mol. The van der Waals surface area contributed by atoms with Gasteiger partial charge in [0.25, 0.3) is 0 Å². The molecule has 1 aliphatic carbocycles. The van der Waals surface area contributed by atoms with Gasteiger partial charge in [0.15, 0.2) is 11.5 Å². The maximum atomic E-state index is 11.9. The van der Waals surface area contributed by atoms with Crippen molar-refractivity contribution in [3.8, 4) is 0 Å². The summed E-state index contributed by atoms with van der Waals surface area (Å²) in [5.41, 5.74) is 9.16. The molecule has 0 aliphatic heterocycles. The van der Waals surface area contributed by atoms with E-state index in [-0.39, 0.29) is 11.8 Å². The van der Waals surface area contributed by atoms with E-state index in [0.717, 1.165) is 29.9 Å². The summed E-state index contributed by atoms with van der Waals surface area (Å²) in [6, 6.07) is 9.94. The molecule has 1 amide bonds. The monoisotopic (exact) mass is 365 g/mol. The topological polar surface area (TPSA) is 109 Å². The minimum absolute atomic E-state index is 0.0196. The smallest absolute Gasteiger partial charge is 0.226 e. The Balaban J connectivity index is 1.61. The average molecular weight is 365 g/mol. The molecule has 27 heavy (non-hydrogen) atoms. The van der Waals surface area contributed by atoms with Crippen molar-refractivity contribution in [2.24, 2.45) is 5.92 Å². The Labute approximate surface area is 157 Å². The van der Waals surface area contributed by atoms with E-state index in [0.29, 0.717) is 23.3 Å². The molecule has 1 aromatic carbocycles. The zero-order valence-corrected chi connectivity index (χ0v) is 15.4. The lowest BCUT2D eigenvalue weighted by atomic mass is 10.2. The van der Waals surface area contributed by atoms with Crippen LogP contribution in [0.4, 0.5) is 28.7 Å². The zero-order valence-electron chi connectivity index (χ0n) is 15.4. The van der Waals surface area contributed by atoms with E-state index in [1.54, 1.807) is 10.7 Å². The molecular formula is C19H23N7O. The Hall–Kier alpha value is -3.29. The fraction of sp³-hybridized carbons (Fsp3) is 0.316. The van der Waals surface area contributed by atoms with E-state index in [1.165, 1.54) is 0 Å². The van der Waals surface area contributed by atoms with E-state index in [9.17, 15) is 4.79 Å². The number of amides is 1. The van der Waals surface area contributed by atoms with Crippen LogP contribution >= 0.6 is 0 Å². The number of hydrogen-bond donors (Lipinski definition) is 4. The third kappa shape index (κ3) is 3.79. The Morgan fingerprint density at radius 2 is 2.04 bits per heavy atom. The minimum Gasteiger partial charge on any atom is -0.382 e. The highest BCUT2D eigenvalue weighted by Crippen LogP contribution is 2.30. The summed E-state index contributed by atoms with van der Waals surface area (Å²) in [7, 11) is 0. The molecule has 0 atom stereocenters. The fourth-order valence-corrected chi connectivity index (χ4v) is 2.71. The molecule has 0 bridgehead atoms. The number of hydrogen-bond acceptors (Lipinski definition) is 6. The van der Waals surface area contributed by atoms with Crippen LogP contribution in [0, 0.1) is 5.92 Å². The van der Waals surface area contributed by atoms with Gasteiger partial charge in [-0.15, -0.1) is 5.10 Å². The van der Waals surface area contributed by atoms with Gasteiger partial charge in [-0.05, 0) is 31.0 Å². The van der Waals surface area contributed by atoms with Crippen LogP contribution in [0.3, 0.4) is 0 Å². The number of nitrogens with zero attached hydrogens (tertiary/aromatic N) is 3. The first-order valence-corrected chi connectivity index (χ1v) is 9.08. The number of imidazole rings is 1. The van der Waals surface area contributed by atoms with Crippen LogP contribution in [-0.2, 0) is 4.79 Å². The summed E-state index contributed by atoms with van der Waals surface area (Å²) in [6.07, 6.45) is 3.92. The van der Waals surface area contributed by atoms with Gasteiger partial charge in [0.1, 0.15) is 5.82 Å². The number of nitrogens with one attached hydrogen (secondary N) is 3. The average Bonchev–Trinajstić information content (AvgIpc) is 3.37. The standard InChI is InChI=1S/C19H23N7O/c1-11(2)19(27)24-14-5-3-4-13(8-14)23-17-9-15(22-12-6-7-12)18-21-10-16(20)26(18)25-17/h3-5,8-12,22H,6-7,20H2,1-2H3,(H,23,25)(H,24,27). The van der Waals surface area contributed by atoms with Gasteiger partial charge in [-0.1, -0.05) is 19.9 Å². The maximum absolute atomic E-state index is 11.9. The fourth-order valence-electron chi connectivity index (χ4n) is 2.71. The highest BCUT2D eigenvalue weighted by atomic mass is 16.1. The van der Waals surface area contributed by atoms with Gasteiger partial charge < -0.3 is 21.7 Å². The van der Waals surface area contributed by atoms with Crippen LogP contribution in [0.25, 0.3) is 5.65 Å². The highest BCUT2D eigenvalue weighted by molar-refractivity contribution is 5.92. The summed E-state index contributed by atoms with van der Waals surface area (Å²) in [4.78, 5) is 16.3.